The molecule has 3 heterocycles. The Hall–Kier alpha value is -3.65. The molecule has 0 radical (unpaired) electrons. The second-order valence-corrected chi connectivity index (χ2v) is 13.4. The van der Waals surface area contributed by atoms with Gasteiger partial charge in [0.15, 0.2) is 5.72 Å². The van der Waals surface area contributed by atoms with Crippen LogP contribution in [0.15, 0.2) is 35.9 Å². The maximum absolute atomic E-state index is 14.0. The lowest BCUT2D eigenvalue weighted by Crippen LogP contribution is -2.63. The summed E-state index contributed by atoms with van der Waals surface area (Å²) in [6.07, 6.45) is -0.776. The van der Waals surface area contributed by atoms with Gasteiger partial charge in [0.05, 0.1) is 31.2 Å². The normalized spacial score (nSPS) is 34.2. The van der Waals surface area contributed by atoms with Crippen molar-refractivity contribution in [3.63, 3.8) is 0 Å². The zero-order valence-corrected chi connectivity index (χ0v) is 29.5. The first-order chi connectivity index (χ1) is 22.4. The molecule has 2 fully saturated rings. The van der Waals surface area contributed by atoms with E-state index in [1.807, 2.05) is 0 Å². The number of carbonyl (C=O) groups excluding carboxylic acids is 4. The highest BCUT2D eigenvalue weighted by atomic mass is 35.5. The first-order valence-electron chi connectivity index (χ1n) is 15.7. The molecule has 3 aliphatic rings. The zero-order chi connectivity index (χ0) is 35.7. The number of nitrogens with zero attached hydrogens (tertiary/aromatic N) is 1. The van der Waals surface area contributed by atoms with Gasteiger partial charge in [-0.2, -0.15) is 0 Å². The van der Waals surface area contributed by atoms with Gasteiger partial charge in [-0.1, -0.05) is 50.6 Å². The second-order valence-electron chi connectivity index (χ2n) is 13.0. The number of halogens is 1. The number of alkyl carbamates (subject to hydrolysis) is 1. The summed E-state index contributed by atoms with van der Waals surface area (Å²) in [4.78, 5) is 53.2. The zero-order valence-electron chi connectivity index (χ0n) is 28.7. The molecular weight excluding hydrogens is 648 g/mol. The SMILES string of the molecule is COc1cc2cc(c1Cl)N(C)C(=O)C[C@H](OC(=O)C(C)C)[C@]1(C)O[C@H]1[C@H](C)[C@@H]1C[C@@](O)(NC(=O)O1)[C@H](OC)/C=C/C=C(\C)C2OC(C)=O. The summed E-state index contributed by atoms with van der Waals surface area (Å²) >= 11 is 6.73. The number of hydrogen-bond acceptors (Lipinski definition) is 11. The van der Waals surface area contributed by atoms with Crippen LogP contribution in [0.1, 0.15) is 66.1 Å². The van der Waals surface area contributed by atoms with Crippen LogP contribution in [0, 0.1) is 11.8 Å². The number of hydrogen-bond donors (Lipinski definition) is 2. The number of anilines is 1. The van der Waals surface area contributed by atoms with Crippen LogP contribution in [0.4, 0.5) is 10.5 Å². The minimum absolute atomic E-state index is 0.0697. The molecule has 14 heteroatoms. The van der Waals surface area contributed by atoms with Crippen LogP contribution >= 0.6 is 11.6 Å². The number of epoxide rings is 1. The van der Waals surface area contributed by atoms with Gasteiger partial charge < -0.3 is 38.4 Å². The van der Waals surface area contributed by atoms with Gasteiger partial charge in [0.2, 0.25) is 5.91 Å². The van der Waals surface area contributed by atoms with Crippen molar-refractivity contribution in [3.05, 3.63) is 46.5 Å². The minimum atomic E-state index is -1.87. The first kappa shape index (κ1) is 37.2. The van der Waals surface area contributed by atoms with E-state index in [0.717, 1.165) is 0 Å². The summed E-state index contributed by atoms with van der Waals surface area (Å²) in [6.45, 7) is 9.90. The van der Waals surface area contributed by atoms with E-state index in [2.05, 4.69) is 5.32 Å². The Bertz CT molecular complexity index is 1500. The summed E-state index contributed by atoms with van der Waals surface area (Å²) in [5.74, 6) is -2.30. The van der Waals surface area contributed by atoms with Crippen molar-refractivity contribution < 1.29 is 52.7 Å². The third-order valence-electron chi connectivity index (χ3n) is 9.14. The molecule has 8 atom stereocenters. The highest BCUT2D eigenvalue weighted by Crippen LogP contribution is 2.49. The number of ether oxygens (including phenoxy) is 6. The molecule has 2 N–H and O–H groups in total. The van der Waals surface area contributed by atoms with Crippen LogP contribution in [0.3, 0.4) is 0 Å². The number of fused-ring (bicyclic) bond motifs is 5. The molecule has 13 nitrogen and oxygen atoms in total. The number of amides is 2. The van der Waals surface area contributed by atoms with Crippen molar-refractivity contribution in [1.29, 1.82) is 0 Å². The molecule has 48 heavy (non-hydrogen) atoms. The van der Waals surface area contributed by atoms with E-state index in [1.165, 1.54) is 33.1 Å². The van der Waals surface area contributed by atoms with Crippen molar-refractivity contribution in [2.24, 2.45) is 11.8 Å². The van der Waals surface area contributed by atoms with Crippen molar-refractivity contribution in [3.8, 4) is 5.75 Å². The van der Waals surface area contributed by atoms with Gasteiger partial charge in [0.1, 0.15) is 40.8 Å². The number of carbonyl (C=O) groups is 4. The van der Waals surface area contributed by atoms with Crippen LogP contribution < -0.4 is 15.0 Å². The van der Waals surface area contributed by atoms with Gasteiger partial charge >= 0.3 is 18.0 Å². The Morgan fingerprint density at radius 1 is 1.19 bits per heavy atom. The van der Waals surface area contributed by atoms with E-state index >= 15 is 0 Å². The molecule has 0 spiro atoms. The fraction of sp³-hybridized carbons (Fsp3) is 0.588. The number of aliphatic hydroxyl groups is 1. The monoisotopic (exact) mass is 692 g/mol. The summed E-state index contributed by atoms with van der Waals surface area (Å²) in [5.41, 5.74) is -1.71. The molecule has 1 unspecified atom stereocenters. The number of esters is 2. The quantitative estimate of drug-likeness (QED) is 0.256. The first-order valence-corrected chi connectivity index (χ1v) is 16.1. The van der Waals surface area contributed by atoms with E-state index in [1.54, 1.807) is 65.0 Å². The largest absolute Gasteiger partial charge is 0.495 e. The van der Waals surface area contributed by atoms with Crippen LogP contribution in [-0.4, -0.2) is 86.1 Å². The van der Waals surface area contributed by atoms with Gasteiger partial charge in [0, 0.05) is 39.0 Å². The Morgan fingerprint density at radius 3 is 2.48 bits per heavy atom. The van der Waals surface area contributed by atoms with E-state index in [4.69, 9.17) is 40.0 Å². The number of methoxy groups -OCH3 is 2. The lowest BCUT2D eigenvalue weighted by Gasteiger charge is -2.42. The lowest BCUT2D eigenvalue weighted by atomic mass is 9.83. The van der Waals surface area contributed by atoms with E-state index < -0.39 is 77.6 Å². The smallest absolute Gasteiger partial charge is 0.409 e. The Kier molecular flexibility index (Phi) is 11.2. The predicted octanol–water partition coefficient (Wildman–Crippen LogP) is 4.39. The highest BCUT2D eigenvalue weighted by molar-refractivity contribution is 6.35. The molecule has 3 aliphatic heterocycles. The maximum atomic E-state index is 14.0. The Labute approximate surface area is 285 Å². The Morgan fingerprint density at radius 2 is 1.88 bits per heavy atom. The Balaban J connectivity index is 1.88. The number of allylic oxidation sites excluding steroid dienone is 2. The molecule has 2 amide bonds. The fourth-order valence-electron chi connectivity index (χ4n) is 6.18. The second kappa shape index (κ2) is 14.5. The van der Waals surface area contributed by atoms with Gasteiger partial charge in [-0.25, -0.2) is 4.79 Å². The van der Waals surface area contributed by atoms with Gasteiger partial charge in [-0.15, -0.1) is 0 Å². The molecule has 264 valence electrons. The maximum Gasteiger partial charge on any atom is 0.409 e. The van der Waals surface area contributed by atoms with Crippen LogP contribution in [-0.2, 0) is 38.1 Å². The number of nitrogens with one attached hydrogen (secondary N) is 1. The summed E-state index contributed by atoms with van der Waals surface area (Å²) in [7, 11) is 4.34. The number of benzene rings is 1. The number of rotatable bonds is 5. The van der Waals surface area contributed by atoms with Crippen molar-refractivity contribution in [2.45, 2.75) is 96.2 Å². The summed E-state index contributed by atoms with van der Waals surface area (Å²) in [6, 6.07) is 3.23. The molecule has 4 rings (SSSR count). The fourth-order valence-corrected chi connectivity index (χ4v) is 6.49. The molecule has 0 saturated carbocycles. The van der Waals surface area contributed by atoms with Crippen LogP contribution in [0.5, 0.6) is 5.75 Å². The average molecular weight is 693 g/mol. The predicted molar refractivity (Wildman–Crippen MR) is 174 cm³/mol. The third-order valence-corrected chi connectivity index (χ3v) is 9.52. The molecule has 4 bridgehead atoms. The lowest BCUT2D eigenvalue weighted by molar-refractivity contribution is -0.157. The highest BCUT2D eigenvalue weighted by Gasteiger charge is 2.64. The third kappa shape index (κ3) is 7.64. The van der Waals surface area contributed by atoms with E-state index in [-0.39, 0.29) is 29.3 Å². The molecular formula is C34H45ClN2O11. The standard InChI is InChI=1S/C34H45ClN2O11/c1-17(2)31(40)47-26-15-27(39)37(7)22-13-21(14-23(43-8)28(22)35)29(45-20(5)38)18(3)11-10-12-25(44-9)34(42)16-24(46-32(41)36-34)19(4)30-33(26,6)48-30/h10-14,17,19,24-26,29-30,42H,15-16H2,1-9H3,(H,36,41)/b12-10+,18-11+/t19-,24+,25-,26+,29?,30+,33+,34+/m1/s1. The van der Waals surface area contributed by atoms with Crippen molar-refractivity contribution in [1.82, 2.24) is 5.32 Å². The van der Waals surface area contributed by atoms with Crippen LogP contribution in [0.2, 0.25) is 5.02 Å². The molecule has 2 saturated heterocycles. The van der Waals surface area contributed by atoms with E-state index in [9.17, 15) is 24.3 Å². The molecule has 1 aromatic carbocycles. The van der Waals surface area contributed by atoms with E-state index in [0.29, 0.717) is 11.1 Å². The molecule has 0 aliphatic carbocycles. The molecule has 1 aromatic rings. The van der Waals surface area contributed by atoms with Gasteiger partial charge in [0.25, 0.3) is 0 Å². The van der Waals surface area contributed by atoms with Gasteiger partial charge in [-0.3, -0.25) is 19.7 Å². The summed E-state index contributed by atoms with van der Waals surface area (Å²) < 4.78 is 34.5. The average Bonchev–Trinajstić information content (AvgIpc) is 3.71. The molecule has 0 aromatic heterocycles. The summed E-state index contributed by atoms with van der Waals surface area (Å²) in [5, 5.41) is 14.3. The van der Waals surface area contributed by atoms with Gasteiger partial charge in [-0.05, 0) is 31.6 Å². The topological polar surface area (TPSA) is 162 Å². The van der Waals surface area contributed by atoms with Crippen LogP contribution in [0.25, 0.3) is 0 Å². The van der Waals surface area contributed by atoms with Crippen molar-refractivity contribution >= 4 is 41.2 Å². The minimum Gasteiger partial charge on any atom is -0.495 e. The van der Waals surface area contributed by atoms with Crippen molar-refractivity contribution in [2.75, 3.05) is 26.2 Å².